The predicted octanol–water partition coefficient (Wildman–Crippen LogP) is 1.78. The Balaban J connectivity index is 2.56. The second kappa shape index (κ2) is 5.82. The Hall–Kier alpha value is -1.91. The molecule has 19 heavy (non-hydrogen) atoms. The fourth-order valence-corrected chi connectivity index (χ4v) is 1.51. The summed E-state index contributed by atoms with van der Waals surface area (Å²) >= 11 is 0. The number of hydrogen-bond acceptors (Lipinski definition) is 2. The number of carbonyl (C=O) groups excluding carboxylic acids is 2. The van der Waals surface area contributed by atoms with E-state index in [9.17, 15) is 14.0 Å². The number of benzene rings is 1. The fraction of sp³-hybridized carbons (Fsp3) is 0.429. The summed E-state index contributed by atoms with van der Waals surface area (Å²) in [6.45, 7) is 7.05. The minimum absolute atomic E-state index is 0.105. The fourth-order valence-electron chi connectivity index (χ4n) is 1.51. The summed E-state index contributed by atoms with van der Waals surface area (Å²) in [6.07, 6.45) is 0. The molecule has 2 amide bonds. The lowest BCUT2D eigenvalue weighted by atomic mass is 10.1. The number of hydrogen-bond donors (Lipinski definition) is 2. The van der Waals surface area contributed by atoms with Gasteiger partial charge in [-0.3, -0.25) is 9.59 Å². The van der Waals surface area contributed by atoms with Crippen LogP contribution in [-0.2, 0) is 4.79 Å². The van der Waals surface area contributed by atoms with Crippen molar-refractivity contribution in [3.8, 4) is 0 Å². The highest BCUT2D eigenvalue weighted by Crippen LogP contribution is 2.08. The third-order valence-electron chi connectivity index (χ3n) is 2.34. The zero-order valence-electron chi connectivity index (χ0n) is 11.6. The monoisotopic (exact) mass is 266 g/mol. The molecule has 0 saturated heterocycles. The molecular weight excluding hydrogens is 247 g/mol. The van der Waals surface area contributed by atoms with Gasteiger partial charge in [-0.1, -0.05) is 0 Å². The van der Waals surface area contributed by atoms with E-state index in [4.69, 9.17) is 0 Å². The van der Waals surface area contributed by atoms with Crippen molar-refractivity contribution in [1.29, 1.82) is 0 Å². The molecule has 104 valence electrons. The number of halogens is 1. The van der Waals surface area contributed by atoms with Crippen LogP contribution in [0.3, 0.4) is 0 Å². The van der Waals surface area contributed by atoms with Gasteiger partial charge < -0.3 is 10.6 Å². The Morgan fingerprint density at radius 2 is 1.89 bits per heavy atom. The number of carbonyl (C=O) groups is 2. The standard InChI is InChI=1S/C14H19FN2O2/c1-9-7-10(5-6-11(9)15)13(19)16-8-12(18)17-14(2,3)4/h5-7H,8H2,1-4H3,(H,16,19)(H,17,18). The number of rotatable bonds is 3. The van der Waals surface area contributed by atoms with Gasteiger partial charge in [0.05, 0.1) is 6.54 Å². The molecule has 1 rings (SSSR count). The van der Waals surface area contributed by atoms with Crippen molar-refractivity contribution in [2.45, 2.75) is 33.2 Å². The van der Waals surface area contributed by atoms with E-state index >= 15 is 0 Å². The van der Waals surface area contributed by atoms with Gasteiger partial charge in [0.2, 0.25) is 5.91 Å². The predicted molar refractivity (Wildman–Crippen MR) is 71.4 cm³/mol. The van der Waals surface area contributed by atoms with Gasteiger partial charge in [0.1, 0.15) is 5.82 Å². The highest BCUT2D eigenvalue weighted by atomic mass is 19.1. The molecule has 0 aliphatic carbocycles. The maximum absolute atomic E-state index is 13.1. The van der Waals surface area contributed by atoms with Crippen LogP contribution in [0.4, 0.5) is 4.39 Å². The van der Waals surface area contributed by atoms with E-state index < -0.39 is 5.91 Å². The molecule has 0 fully saturated rings. The number of aryl methyl sites for hydroxylation is 1. The molecule has 2 N–H and O–H groups in total. The van der Waals surface area contributed by atoms with Crippen molar-refractivity contribution in [1.82, 2.24) is 10.6 Å². The Morgan fingerprint density at radius 3 is 2.42 bits per heavy atom. The summed E-state index contributed by atoms with van der Waals surface area (Å²) in [6, 6.07) is 4.07. The van der Waals surface area contributed by atoms with E-state index in [2.05, 4.69) is 10.6 Å². The van der Waals surface area contributed by atoms with Crippen LogP contribution in [0.15, 0.2) is 18.2 Å². The lowest BCUT2D eigenvalue weighted by Crippen LogP contribution is -2.45. The summed E-state index contributed by atoms with van der Waals surface area (Å²) in [4.78, 5) is 23.3. The maximum atomic E-state index is 13.1. The first-order valence-electron chi connectivity index (χ1n) is 6.04. The molecule has 0 bridgehead atoms. The highest BCUT2D eigenvalue weighted by molar-refractivity contribution is 5.96. The van der Waals surface area contributed by atoms with Crippen LogP contribution in [0.1, 0.15) is 36.7 Å². The third kappa shape index (κ3) is 5.07. The van der Waals surface area contributed by atoms with Crippen molar-refractivity contribution in [3.63, 3.8) is 0 Å². The Kier molecular flexibility index (Phi) is 4.64. The van der Waals surface area contributed by atoms with Gasteiger partial charge in [0.25, 0.3) is 5.91 Å². The summed E-state index contributed by atoms with van der Waals surface area (Å²) in [5.41, 5.74) is 0.392. The smallest absolute Gasteiger partial charge is 0.251 e. The van der Waals surface area contributed by atoms with Gasteiger partial charge in [0, 0.05) is 11.1 Å². The van der Waals surface area contributed by atoms with Gasteiger partial charge >= 0.3 is 0 Å². The zero-order chi connectivity index (χ0) is 14.6. The quantitative estimate of drug-likeness (QED) is 0.876. The molecule has 1 aromatic carbocycles. The summed E-state index contributed by atoms with van der Waals surface area (Å²) in [7, 11) is 0. The topological polar surface area (TPSA) is 58.2 Å². The molecule has 4 nitrogen and oxygen atoms in total. The molecule has 0 heterocycles. The molecular formula is C14H19FN2O2. The molecule has 0 atom stereocenters. The van der Waals surface area contributed by atoms with Gasteiger partial charge in [0.15, 0.2) is 0 Å². The highest BCUT2D eigenvalue weighted by Gasteiger charge is 2.15. The number of nitrogens with one attached hydrogen (secondary N) is 2. The summed E-state index contributed by atoms with van der Waals surface area (Å²) in [5, 5.41) is 5.23. The molecule has 5 heteroatoms. The average molecular weight is 266 g/mol. The van der Waals surface area contributed by atoms with Crippen LogP contribution >= 0.6 is 0 Å². The van der Waals surface area contributed by atoms with Gasteiger partial charge in [-0.25, -0.2) is 4.39 Å². The van der Waals surface area contributed by atoms with Crippen LogP contribution in [0.25, 0.3) is 0 Å². The number of amides is 2. The lowest BCUT2D eigenvalue weighted by molar-refractivity contribution is -0.121. The van der Waals surface area contributed by atoms with E-state index in [1.807, 2.05) is 20.8 Å². The van der Waals surface area contributed by atoms with E-state index in [-0.39, 0.29) is 23.8 Å². The normalized spacial score (nSPS) is 11.0. The van der Waals surface area contributed by atoms with Crippen molar-refractivity contribution < 1.29 is 14.0 Å². The van der Waals surface area contributed by atoms with Crippen LogP contribution in [-0.4, -0.2) is 23.9 Å². The minimum Gasteiger partial charge on any atom is -0.350 e. The van der Waals surface area contributed by atoms with Gasteiger partial charge in [-0.15, -0.1) is 0 Å². The molecule has 0 spiro atoms. The second-order valence-corrected chi connectivity index (χ2v) is 5.44. The maximum Gasteiger partial charge on any atom is 0.251 e. The third-order valence-corrected chi connectivity index (χ3v) is 2.34. The molecule has 0 aromatic heterocycles. The van der Waals surface area contributed by atoms with Crippen molar-refractivity contribution >= 4 is 11.8 Å². The van der Waals surface area contributed by atoms with Crippen LogP contribution in [0.5, 0.6) is 0 Å². The van der Waals surface area contributed by atoms with Gasteiger partial charge in [-0.2, -0.15) is 0 Å². The van der Waals surface area contributed by atoms with Crippen LogP contribution in [0, 0.1) is 12.7 Å². The van der Waals surface area contributed by atoms with Gasteiger partial charge in [-0.05, 0) is 51.5 Å². The molecule has 1 aromatic rings. The second-order valence-electron chi connectivity index (χ2n) is 5.44. The molecule has 0 aliphatic heterocycles. The van der Waals surface area contributed by atoms with Crippen molar-refractivity contribution in [3.05, 3.63) is 35.1 Å². The Morgan fingerprint density at radius 1 is 1.26 bits per heavy atom. The Labute approximate surface area is 112 Å². The van der Waals surface area contributed by atoms with E-state index in [1.54, 1.807) is 6.92 Å². The average Bonchev–Trinajstić information content (AvgIpc) is 2.27. The first-order valence-corrected chi connectivity index (χ1v) is 6.04. The van der Waals surface area contributed by atoms with Crippen molar-refractivity contribution in [2.75, 3.05) is 6.54 Å². The molecule has 0 radical (unpaired) electrons. The largest absolute Gasteiger partial charge is 0.350 e. The molecule has 0 aliphatic rings. The first-order chi connectivity index (χ1) is 8.69. The van der Waals surface area contributed by atoms with E-state index in [0.29, 0.717) is 11.1 Å². The van der Waals surface area contributed by atoms with Crippen LogP contribution < -0.4 is 10.6 Å². The summed E-state index contributed by atoms with van der Waals surface area (Å²) in [5.74, 6) is -1.02. The minimum atomic E-state index is -0.396. The Bertz CT molecular complexity index is 493. The molecule has 0 saturated carbocycles. The zero-order valence-corrected chi connectivity index (χ0v) is 11.6. The SMILES string of the molecule is Cc1cc(C(=O)NCC(=O)NC(C)(C)C)ccc1F. The van der Waals surface area contributed by atoms with Crippen molar-refractivity contribution in [2.24, 2.45) is 0 Å². The molecule has 0 unspecified atom stereocenters. The summed E-state index contributed by atoms with van der Waals surface area (Å²) < 4.78 is 13.1. The van der Waals surface area contributed by atoms with E-state index in [1.165, 1.54) is 18.2 Å². The van der Waals surface area contributed by atoms with E-state index in [0.717, 1.165) is 0 Å². The van der Waals surface area contributed by atoms with Crippen LogP contribution in [0.2, 0.25) is 0 Å². The lowest BCUT2D eigenvalue weighted by Gasteiger charge is -2.20. The first kappa shape index (κ1) is 15.1.